The van der Waals surface area contributed by atoms with Crippen LogP contribution < -0.4 is 5.32 Å². The highest BCUT2D eigenvalue weighted by Crippen LogP contribution is 2.30. The van der Waals surface area contributed by atoms with Gasteiger partial charge in [-0.2, -0.15) is 0 Å². The molecule has 2 aromatic heterocycles. The number of fused-ring (bicyclic) bond motifs is 1. The van der Waals surface area contributed by atoms with Crippen LogP contribution in [0.4, 0.5) is 5.69 Å². The number of imide groups is 1. The summed E-state index contributed by atoms with van der Waals surface area (Å²) in [6, 6.07) is 11.1. The van der Waals surface area contributed by atoms with Crippen LogP contribution in [0, 0.1) is 37.0 Å². The predicted octanol–water partition coefficient (Wildman–Crippen LogP) is 4.99. The number of hydrogen-bond donors (Lipinski definition) is 1. The molecule has 0 radical (unpaired) electrons. The zero-order valence-electron chi connectivity index (χ0n) is 23.5. The fourth-order valence-corrected chi connectivity index (χ4v) is 4.85. The Hall–Kier alpha value is -4.45. The standard InChI is InChI=1S/C31H34N4O5/c1-20(19-31(4,5)30(39)40-35-26(36)13-14-27(35)37)9-6-7-10-23-11-8-12-24(18-23)33-29(38)25-15-16-34-22(3)17-21(2)32-28(25)34/h8,11-12,15-18,20H,6,9,13-14,19H2,1-5H3,(H,33,38). The van der Waals surface area contributed by atoms with Crippen LogP contribution in [0.15, 0.2) is 42.6 Å². The van der Waals surface area contributed by atoms with E-state index in [9.17, 15) is 19.2 Å². The van der Waals surface area contributed by atoms with E-state index in [0.29, 0.717) is 34.8 Å². The van der Waals surface area contributed by atoms with Crippen molar-refractivity contribution in [3.63, 3.8) is 0 Å². The number of carbonyl (C=O) groups is 4. The predicted molar refractivity (Wildman–Crippen MR) is 150 cm³/mol. The maximum absolute atomic E-state index is 13.0. The molecule has 9 nitrogen and oxygen atoms in total. The summed E-state index contributed by atoms with van der Waals surface area (Å²) in [5.41, 5.74) is 3.54. The molecular formula is C31H34N4O5. The molecule has 1 aliphatic rings. The number of benzene rings is 1. The largest absolute Gasteiger partial charge is 0.338 e. The Bertz CT molecular complexity index is 1530. The van der Waals surface area contributed by atoms with Crippen LogP contribution >= 0.6 is 0 Å². The molecule has 1 atom stereocenters. The smallest absolute Gasteiger partial charge is 0.330 e. The number of nitrogens with one attached hydrogen (secondary N) is 1. The molecule has 1 unspecified atom stereocenters. The highest BCUT2D eigenvalue weighted by atomic mass is 16.7. The Kier molecular flexibility index (Phi) is 8.38. The van der Waals surface area contributed by atoms with Gasteiger partial charge in [0, 0.05) is 48.1 Å². The summed E-state index contributed by atoms with van der Waals surface area (Å²) in [7, 11) is 0. The van der Waals surface area contributed by atoms with Crippen molar-refractivity contribution in [2.75, 3.05) is 5.32 Å². The first kappa shape index (κ1) is 28.6. The second-order valence-corrected chi connectivity index (χ2v) is 11.0. The minimum absolute atomic E-state index is 0.0678. The lowest BCUT2D eigenvalue weighted by molar-refractivity contribution is -0.204. The average molecular weight is 543 g/mol. The third-order valence-electron chi connectivity index (χ3n) is 6.89. The normalized spacial score (nSPS) is 14.2. The molecule has 1 aromatic carbocycles. The number of anilines is 1. The van der Waals surface area contributed by atoms with E-state index in [1.54, 1.807) is 19.9 Å². The molecule has 4 rings (SSSR count). The molecule has 0 spiro atoms. The first-order chi connectivity index (χ1) is 18.9. The molecule has 3 heterocycles. The summed E-state index contributed by atoms with van der Waals surface area (Å²) in [4.78, 5) is 58.7. The van der Waals surface area contributed by atoms with Gasteiger partial charge in [-0.25, -0.2) is 9.78 Å². The molecule has 1 saturated heterocycles. The molecular weight excluding hydrogens is 508 g/mol. The number of hydrogen-bond acceptors (Lipinski definition) is 6. The minimum Gasteiger partial charge on any atom is -0.330 e. The van der Waals surface area contributed by atoms with Gasteiger partial charge in [-0.15, -0.1) is 5.06 Å². The molecule has 1 fully saturated rings. The van der Waals surface area contributed by atoms with Gasteiger partial charge in [0.15, 0.2) is 0 Å². The zero-order chi connectivity index (χ0) is 29.0. The Labute approximate surface area is 233 Å². The number of amides is 3. The molecule has 0 bridgehead atoms. The first-order valence-corrected chi connectivity index (χ1v) is 13.4. The van der Waals surface area contributed by atoms with Crippen molar-refractivity contribution in [3.05, 3.63) is 65.1 Å². The van der Waals surface area contributed by atoms with Gasteiger partial charge in [-0.05, 0) is 76.8 Å². The lowest BCUT2D eigenvalue weighted by Gasteiger charge is -2.27. The summed E-state index contributed by atoms with van der Waals surface area (Å²) >= 11 is 0. The molecule has 208 valence electrons. The van der Waals surface area contributed by atoms with Crippen LogP contribution in [0.3, 0.4) is 0 Å². The number of aromatic nitrogens is 2. The fourth-order valence-electron chi connectivity index (χ4n) is 4.85. The molecule has 0 saturated carbocycles. The van der Waals surface area contributed by atoms with Gasteiger partial charge in [0.1, 0.15) is 5.65 Å². The number of rotatable bonds is 8. The number of hydroxylamine groups is 2. The number of carbonyl (C=O) groups excluding carboxylic acids is 4. The van der Waals surface area contributed by atoms with Crippen molar-refractivity contribution in [3.8, 4) is 11.8 Å². The zero-order valence-corrected chi connectivity index (χ0v) is 23.5. The van der Waals surface area contributed by atoms with Gasteiger partial charge in [-0.1, -0.05) is 24.8 Å². The van der Waals surface area contributed by atoms with Crippen molar-refractivity contribution in [1.82, 2.24) is 14.4 Å². The van der Waals surface area contributed by atoms with Crippen LogP contribution in [-0.4, -0.2) is 38.1 Å². The van der Waals surface area contributed by atoms with E-state index in [4.69, 9.17) is 4.84 Å². The van der Waals surface area contributed by atoms with Crippen molar-refractivity contribution < 1.29 is 24.0 Å². The van der Waals surface area contributed by atoms with Gasteiger partial charge < -0.3 is 14.6 Å². The minimum atomic E-state index is -0.860. The molecule has 3 amide bonds. The summed E-state index contributed by atoms with van der Waals surface area (Å²) in [5.74, 6) is 4.67. The summed E-state index contributed by atoms with van der Waals surface area (Å²) in [5, 5.41) is 3.54. The van der Waals surface area contributed by atoms with Crippen LogP contribution in [0.5, 0.6) is 0 Å². The maximum Gasteiger partial charge on any atom is 0.338 e. The van der Waals surface area contributed by atoms with Crippen molar-refractivity contribution in [1.29, 1.82) is 0 Å². The monoisotopic (exact) mass is 542 g/mol. The van der Waals surface area contributed by atoms with E-state index < -0.39 is 23.2 Å². The summed E-state index contributed by atoms with van der Waals surface area (Å²) < 4.78 is 1.89. The molecule has 3 aromatic rings. The van der Waals surface area contributed by atoms with Crippen LogP contribution in [0.1, 0.15) is 80.2 Å². The Morgan fingerprint density at radius 3 is 2.58 bits per heavy atom. The molecule has 1 N–H and O–H groups in total. The lowest BCUT2D eigenvalue weighted by atomic mass is 9.82. The van der Waals surface area contributed by atoms with E-state index in [-0.39, 0.29) is 24.7 Å². The average Bonchev–Trinajstić information content (AvgIpc) is 3.45. The highest BCUT2D eigenvalue weighted by Gasteiger charge is 2.38. The van der Waals surface area contributed by atoms with Gasteiger partial charge >= 0.3 is 5.97 Å². The van der Waals surface area contributed by atoms with E-state index >= 15 is 0 Å². The molecule has 9 heteroatoms. The van der Waals surface area contributed by atoms with Gasteiger partial charge in [-0.3, -0.25) is 14.4 Å². The maximum atomic E-state index is 13.0. The Morgan fingerprint density at radius 2 is 1.85 bits per heavy atom. The van der Waals surface area contributed by atoms with Crippen molar-refractivity contribution in [2.45, 2.75) is 66.7 Å². The van der Waals surface area contributed by atoms with Crippen LogP contribution in [0.2, 0.25) is 0 Å². The van der Waals surface area contributed by atoms with Gasteiger partial charge in [0.25, 0.3) is 17.7 Å². The Morgan fingerprint density at radius 1 is 1.12 bits per heavy atom. The van der Waals surface area contributed by atoms with Crippen LogP contribution in [0.25, 0.3) is 5.65 Å². The van der Waals surface area contributed by atoms with E-state index in [2.05, 4.69) is 22.1 Å². The fraction of sp³-hybridized carbons (Fsp3) is 0.387. The third-order valence-corrected chi connectivity index (χ3v) is 6.89. The quantitative estimate of drug-likeness (QED) is 0.317. The Balaban J connectivity index is 1.30. The van der Waals surface area contributed by atoms with E-state index in [1.807, 2.05) is 61.7 Å². The van der Waals surface area contributed by atoms with Crippen molar-refractivity contribution in [2.24, 2.45) is 11.3 Å². The molecule has 1 aliphatic heterocycles. The lowest BCUT2D eigenvalue weighted by Crippen LogP contribution is -2.38. The molecule has 0 aliphatic carbocycles. The van der Waals surface area contributed by atoms with Crippen LogP contribution in [-0.2, 0) is 19.2 Å². The number of aryl methyl sites for hydroxylation is 2. The second-order valence-electron chi connectivity index (χ2n) is 11.0. The number of nitrogens with zero attached hydrogens (tertiary/aromatic N) is 3. The van der Waals surface area contributed by atoms with E-state index in [1.165, 1.54) is 0 Å². The summed E-state index contributed by atoms with van der Waals surface area (Å²) in [6.45, 7) is 9.40. The van der Waals surface area contributed by atoms with E-state index in [0.717, 1.165) is 23.4 Å². The highest BCUT2D eigenvalue weighted by molar-refractivity contribution is 6.08. The third kappa shape index (κ3) is 6.57. The second kappa shape index (κ2) is 11.7. The van der Waals surface area contributed by atoms with Gasteiger partial charge in [0.2, 0.25) is 0 Å². The SMILES string of the molecule is Cc1cc(C)n2ccc(C(=O)Nc3cccc(C#CCCC(C)CC(C)(C)C(=O)ON4C(=O)CCC4=O)c3)c2n1. The molecule has 40 heavy (non-hydrogen) atoms. The van der Waals surface area contributed by atoms with Crippen molar-refractivity contribution >= 4 is 35.0 Å². The summed E-state index contributed by atoms with van der Waals surface area (Å²) in [6.07, 6.45) is 3.88. The first-order valence-electron chi connectivity index (χ1n) is 13.4. The van der Waals surface area contributed by atoms with Gasteiger partial charge in [0.05, 0.1) is 11.0 Å². The topological polar surface area (TPSA) is 110 Å².